The summed E-state index contributed by atoms with van der Waals surface area (Å²) in [6.45, 7) is 1.00. The van der Waals surface area contributed by atoms with Crippen LogP contribution in [-0.2, 0) is 9.53 Å². The van der Waals surface area contributed by atoms with E-state index in [1.165, 1.54) is 0 Å². The smallest absolute Gasteiger partial charge is 0.366 e. The Balaban J connectivity index is 2.17. The normalized spacial score (nSPS) is 22.5. The number of morpholine rings is 1. The minimum Gasteiger partial charge on any atom is -0.366 e. The fourth-order valence-corrected chi connectivity index (χ4v) is 1.18. The standard InChI is InChI=1S/C8H13F3N2O2/c9-8(10,11)1-2-13-7(14)6-5-12-3-4-15-6/h6,12H,1-5H2,(H,13,14)/t6-/m1/s1. The number of amides is 1. The number of alkyl halides is 3. The van der Waals surface area contributed by atoms with E-state index in [1.54, 1.807) is 0 Å². The molecular weight excluding hydrogens is 213 g/mol. The molecule has 0 aromatic carbocycles. The lowest BCUT2D eigenvalue weighted by Gasteiger charge is -2.22. The minimum absolute atomic E-state index is 0.345. The van der Waals surface area contributed by atoms with Gasteiger partial charge in [-0.15, -0.1) is 0 Å². The van der Waals surface area contributed by atoms with Gasteiger partial charge in [0, 0.05) is 19.6 Å². The minimum atomic E-state index is -4.24. The Hall–Kier alpha value is -0.820. The summed E-state index contributed by atoms with van der Waals surface area (Å²) in [6.07, 6.45) is -5.93. The first-order valence-electron chi connectivity index (χ1n) is 4.66. The molecule has 15 heavy (non-hydrogen) atoms. The quantitative estimate of drug-likeness (QED) is 0.714. The van der Waals surface area contributed by atoms with Crippen LogP contribution in [0.4, 0.5) is 13.2 Å². The van der Waals surface area contributed by atoms with Crippen LogP contribution < -0.4 is 10.6 Å². The molecule has 88 valence electrons. The van der Waals surface area contributed by atoms with Gasteiger partial charge in [0.05, 0.1) is 13.0 Å². The van der Waals surface area contributed by atoms with E-state index in [0.29, 0.717) is 19.7 Å². The average molecular weight is 226 g/mol. The van der Waals surface area contributed by atoms with Gasteiger partial charge in [-0.2, -0.15) is 13.2 Å². The molecule has 1 amide bonds. The molecule has 1 heterocycles. The highest BCUT2D eigenvalue weighted by atomic mass is 19.4. The Morgan fingerprint density at radius 2 is 2.27 bits per heavy atom. The van der Waals surface area contributed by atoms with Crippen molar-refractivity contribution in [2.75, 3.05) is 26.2 Å². The third-order valence-corrected chi connectivity index (χ3v) is 1.93. The molecule has 1 saturated heterocycles. The van der Waals surface area contributed by atoms with Crippen molar-refractivity contribution in [3.63, 3.8) is 0 Å². The molecule has 0 radical (unpaired) electrons. The highest BCUT2D eigenvalue weighted by Crippen LogP contribution is 2.18. The maximum absolute atomic E-state index is 11.8. The van der Waals surface area contributed by atoms with Crippen LogP contribution in [0.25, 0.3) is 0 Å². The molecule has 0 aliphatic carbocycles. The van der Waals surface area contributed by atoms with Crippen LogP contribution in [-0.4, -0.2) is 44.4 Å². The van der Waals surface area contributed by atoms with Gasteiger partial charge in [-0.05, 0) is 0 Å². The van der Waals surface area contributed by atoms with Gasteiger partial charge >= 0.3 is 6.18 Å². The zero-order valence-electron chi connectivity index (χ0n) is 8.06. The second-order valence-corrected chi connectivity index (χ2v) is 3.22. The molecule has 1 fully saturated rings. The Labute approximate surface area is 85.2 Å². The number of carbonyl (C=O) groups excluding carboxylic acids is 1. The Morgan fingerprint density at radius 3 is 2.80 bits per heavy atom. The Bertz CT molecular complexity index is 214. The van der Waals surface area contributed by atoms with Crippen molar-refractivity contribution < 1.29 is 22.7 Å². The summed E-state index contributed by atoms with van der Waals surface area (Å²) in [7, 11) is 0. The van der Waals surface area contributed by atoms with E-state index in [9.17, 15) is 18.0 Å². The Morgan fingerprint density at radius 1 is 1.53 bits per heavy atom. The van der Waals surface area contributed by atoms with Gasteiger partial charge in [0.15, 0.2) is 0 Å². The van der Waals surface area contributed by atoms with Crippen LogP contribution in [0.15, 0.2) is 0 Å². The molecule has 1 aliphatic heterocycles. The second kappa shape index (κ2) is 5.32. The third kappa shape index (κ3) is 4.98. The summed E-state index contributed by atoms with van der Waals surface area (Å²) in [5.74, 6) is -0.494. The first-order chi connectivity index (χ1) is 6.99. The summed E-state index contributed by atoms with van der Waals surface area (Å²) in [5.41, 5.74) is 0. The number of hydrogen-bond acceptors (Lipinski definition) is 3. The van der Waals surface area contributed by atoms with Crippen molar-refractivity contribution in [2.45, 2.75) is 18.7 Å². The average Bonchev–Trinajstić information content (AvgIpc) is 2.17. The molecule has 4 nitrogen and oxygen atoms in total. The fraction of sp³-hybridized carbons (Fsp3) is 0.875. The first-order valence-corrected chi connectivity index (χ1v) is 4.66. The molecule has 1 atom stereocenters. The van der Waals surface area contributed by atoms with Gasteiger partial charge in [0.1, 0.15) is 6.10 Å². The Kier molecular flexibility index (Phi) is 4.34. The van der Waals surface area contributed by atoms with E-state index in [4.69, 9.17) is 4.74 Å². The number of ether oxygens (including phenoxy) is 1. The van der Waals surface area contributed by atoms with Crippen LogP contribution in [0.5, 0.6) is 0 Å². The van der Waals surface area contributed by atoms with Crippen LogP contribution in [0, 0.1) is 0 Å². The van der Waals surface area contributed by atoms with Gasteiger partial charge < -0.3 is 15.4 Å². The molecule has 0 aromatic rings. The predicted molar refractivity (Wildman–Crippen MR) is 46.3 cm³/mol. The van der Waals surface area contributed by atoms with Crippen molar-refractivity contribution in [1.82, 2.24) is 10.6 Å². The SMILES string of the molecule is O=C(NCCC(F)(F)F)[C@H]1CNCCO1. The molecule has 1 rings (SSSR count). The molecular formula is C8H13F3N2O2. The molecule has 0 spiro atoms. The zero-order chi connectivity index (χ0) is 11.3. The summed E-state index contributed by atoms with van der Waals surface area (Å²) < 4.78 is 40.3. The lowest BCUT2D eigenvalue weighted by Crippen LogP contribution is -2.48. The van der Waals surface area contributed by atoms with Crippen LogP contribution in [0.3, 0.4) is 0 Å². The van der Waals surface area contributed by atoms with Gasteiger partial charge in [-0.25, -0.2) is 0 Å². The summed E-state index contributed by atoms with van der Waals surface area (Å²) in [4.78, 5) is 11.2. The van der Waals surface area contributed by atoms with Crippen LogP contribution >= 0.6 is 0 Å². The number of hydrogen-bond donors (Lipinski definition) is 2. The highest BCUT2D eigenvalue weighted by Gasteiger charge is 2.28. The largest absolute Gasteiger partial charge is 0.390 e. The van der Waals surface area contributed by atoms with E-state index >= 15 is 0 Å². The molecule has 0 bridgehead atoms. The van der Waals surface area contributed by atoms with E-state index in [0.717, 1.165) is 0 Å². The second-order valence-electron chi connectivity index (χ2n) is 3.22. The molecule has 1 aliphatic rings. The van der Waals surface area contributed by atoms with Crippen molar-refractivity contribution in [3.8, 4) is 0 Å². The maximum Gasteiger partial charge on any atom is 0.390 e. The molecule has 0 saturated carbocycles. The lowest BCUT2D eigenvalue weighted by molar-refractivity contribution is -0.140. The summed E-state index contributed by atoms with van der Waals surface area (Å²) in [5, 5.41) is 5.10. The molecule has 0 aromatic heterocycles. The van der Waals surface area contributed by atoms with Crippen LogP contribution in [0.1, 0.15) is 6.42 Å². The van der Waals surface area contributed by atoms with Gasteiger partial charge in [-0.3, -0.25) is 4.79 Å². The van der Waals surface area contributed by atoms with E-state index < -0.39 is 31.2 Å². The third-order valence-electron chi connectivity index (χ3n) is 1.93. The van der Waals surface area contributed by atoms with Crippen LogP contribution in [0.2, 0.25) is 0 Å². The molecule has 0 unspecified atom stereocenters. The number of halogens is 3. The van der Waals surface area contributed by atoms with E-state index in [2.05, 4.69) is 10.6 Å². The van der Waals surface area contributed by atoms with Gasteiger partial charge in [0.2, 0.25) is 5.91 Å². The summed E-state index contributed by atoms with van der Waals surface area (Å²) >= 11 is 0. The summed E-state index contributed by atoms with van der Waals surface area (Å²) in [6, 6.07) is 0. The number of carbonyl (C=O) groups is 1. The van der Waals surface area contributed by atoms with Crippen molar-refractivity contribution >= 4 is 5.91 Å². The van der Waals surface area contributed by atoms with Gasteiger partial charge in [-0.1, -0.05) is 0 Å². The monoisotopic (exact) mass is 226 g/mol. The van der Waals surface area contributed by atoms with Gasteiger partial charge in [0.25, 0.3) is 0 Å². The van der Waals surface area contributed by atoms with E-state index in [1.807, 2.05) is 0 Å². The van der Waals surface area contributed by atoms with Crippen molar-refractivity contribution in [3.05, 3.63) is 0 Å². The number of nitrogens with one attached hydrogen (secondary N) is 2. The van der Waals surface area contributed by atoms with Crippen molar-refractivity contribution in [2.24, 2.45) is 0 Å². The first kappa shape index (κ1) is 12.3. The molecule has 2 N–H and O–H groups in total. The maximum atomic E-state index is 11.8. The number of rotatable bonds is 3. The fourth-order valence-electron chi connectivity index (χ4n) is 1.18. The lowest BCUT2D eigenvalue weighted by atomic mass is 10.3. The van der Waals surface area contributed by atoms with E-state index in [-0.39, 0.29) is 0 Å². The topological polar surface area (TPSA) is 50.4 Å². The van der Waals surface area contributed by atoms with Crippen molar-refractivity contribution in [1.29, 1.82) is 0 Å². The predicted octanol–water partition coefficient (Wildman–Crippen LogP) is 0.0434. The highest BCUT2D eigenvalue weighted by molar-refractivity contribution is 5.81. The molecule has 7 heteroatoms. The zero-order valence-corrected chi connectivity index (χ0v) is 8.06.